The van der Waals surface area contributed by atoms with E-state index >= 15 is 0 Å². The second-order valence-electron chi connectivity index (χ2n) is 5.22. The number of ether oxygens (including phenoxy) is 1. The molecule has 82 valence electrons. The molecule has 0 aromatic rings. The number of methoxy groups -OCH3 is 1. The fourth-order valence-corrected chi connectivity index (χ4v) is 2.64. The minimum Gasteiger partial charge on any atom is -0.383 e. The Morgan fingerprint density at radius 3 is 2.21 bits per heavy atom. The van der Waals surface area contributed by atoms with Crippen LogP contribution in [0.5, 0.6) is 0 Å². The molecule has 2 heteroatoms. The molecule has 2 rings (SSSR count). The van der Waals surface area contributed by atoms with Crippen molar-refractivity contribution in [3.63, 3.8) is 0 Å². The molecule has 0 aromatic carbocycles. The Balaban J connectivity index is 1.73. The molecule has 0 radical (unpaired) electrons. The average molecular weight is 197 g/mol. The fraction of sp³-hybridized carbons (Fsp3) is 1.00. The maximum Gasteiger partial charge on any atom is 0.0587 e. The highest BCUT2D eigenvalue weighted by Crippen LogP contribution is 2.57. The Kier molecular flexibility index (Phi) is 3.13. The van der Waals surface area contributed by atoms with Gasteiger partial charge in [-0.15, -0.1) is 0 Å². The van der Waals surface area contributed by atoms with Crippen molar-refractivity contribution >= 4 is 0 Å². The van der Waals surface area contributed by atoms with E-state index in [1.54, 1.807) is 7.11 Å². The summed E-state index contributed by atoms with van der Waals surface area (Å²) < 4.78 is 5.05. The zero-order valence-electron chi connectivity index (χ0n) is 9.51. The quantitative estimate of drug-likeness (QED) is 0.631. The first-order valence-corrected chi connectivity index (χ1v) is 5.97. The third-order valence-corrected chi connectivity index (χ3v) is 4.01. The minimum absolute atomic E-state index is 0.605. The summed E-state index contributed by atoms with van der Waals surface area (Å²) >= 11 is 0. The molecule has 2 nitrogen and oxygen atoms in total. The van der Waals surface area contributed by atoms with Crippen LogP contribution in [-0.2, 0) is 4.74 Å². The predicted octanol–water partition coefficient (Wildman–Crippen LogP) is 2.05. The molecule has 0 heterocycles. The van der Waals surface area contributed by atoms with E-state index in [4.69, 9.17) is 4.74 Å². The summed E-state index contributed by atoms with van der Waals surface area (Å²) in [5, 5.41) is 3.54. The van der Waals surface area contributed by atoms with Gasteiger partial charge in [-0.25, -0.2) is 0 Å². The van der Waals surface area contributed by atoms with Crippen LogP contribution in [0.4, 0.5) is 0 Å². The molecule has 0 amide bonds. The highest BCUT2D eigenvalue weighted by molar-refractivity contribution is 5.01. The number of rotatable bonds is 7. The SMILES string of the molecule is COCCNCC(C)(C1CC1)C1CC1. The van der Waals surface area contributed by atoms with E-state index in [1.165, 1.54) is 32.2 Å². The maximum atomic E-state index is 5.05. The van der Waals surface area contributed by atoms with Gasteiger partial charge >= 0.3 is 0 Å². The molecule has 2 aliphatic carbocycles. The lowest BCUT2D eigenvalue weighted by atomic mass is 9.79. The maximum absolute atomic E-state index is 5.05. The predicted molar refractivity (Wildman–Crippen MR) is 58.3 cm³/mol. The van der Waals surface area contributed by atoms with Crippen LogP contribution in [0.1, 0.15) is 32.6 Å². The van der Waals surface area contributed by atoms with Crippen LogP contribution in [0.15, 0.2) is 0 Å². The monoisotopic (exact) mass is 197 g/mol. The van der Waals surface area contributed by atoms with Crippen LogP contribution in [0.3, 0.4) is 0 Å². The highest BCUT2D eigenvalue weighted by atomic mass is 16.5. The molecule has 14 heavy (non-hydrogen) atoms. The summed E-state index contributed by atoms with van der Waals surface area (Å²) in [7, 11) is 1.77. The third-order valence-electron chi connectivity index (χ3n) is 4.01. The number of hydrogen-bond donors (Lipinski definition) is 1. The summed E-state index contributed by atoms with van der Waals surface area (Å²) in [4.78, 5) is 0. The molecular weight excluding hydrogens is 174 g/mol. The van der Waals surface area contributed by atoms with E-state index in [9.17, 15) is 0 Å². The van der Waals surface area contributed by atoms with Crippen molar-refractivity contribution in [2.75, 3.05) is 26.8 Å². The average Bonchev–Trinajstić information content (AvgIpc) is 3.06. The van der Waals surface area contributed by atoms with Crippen LogP contribution in [-0.4, -0.2) is 26.8 Å². The number of hydrogen-bond acceptors (Lipinski definition) is 2. The van der Waals surface area contributed by atoms with Crippen molar-refractivity contribution in [2.24, 2.45) is 17.3 Å². The van der Waals surface area contributed by atoms with Crippen LogP contribution in [0, 0.1) is 17.3 Å². The first kappa shape index (κ1) is 10.4. The normalized spacial score (nSPS) is 22.7. The van der Waals surface area contributed by atoms with Crippen molar-refractivity contribution in [2.45, 2.75) is 32.6 Å². The van der Waals surface area contributed by atoms with Gasteiger partial charge in [0.25, 0.3) is 0 Å². The zero-order valence-corrected chi connectivity index (χ0v) is 9.51. The van der Waals surface area contributed by atoms with Gasteiger partial charge in [-0.05, 0) is 42.9 Å². The van der Waals surface area contributed by atoms with Gasteiger partial charge in [-0.1, -0.05) is 6.92 Å². The molecule has 2 aliphatic rings. The van der Waals surface area contributed by atoms with Crippen LogP contribution in [0.25, 0.3) is 0 Å². The molecule has 2 fully saturated rings. The smallest absolute Gasteiger partial charge is 0.0587 e. The summed E-state index contributed by atoms with van der Waals surface area (Å²) in [6.07, 6.45) is 5.88. The van der Waals surface area contributed by atoms with Gasteiger partial charge in [-0.2, -0.15) is 0 Å². The fourth-order valence-electron chi connectivity index (χ4n) is 2.64. The van der Waals surface area contributed by atoms with Gasteiger partial charge in [0.05, 0.1) is 6.61 Å². The molecule has 0 atom stereocenters. The van der Waals surface area contributed by atoms with Crippen LogP contribution >= 0.6 is 0 Å². The second-order valence-corrected chi connectivity index (χ2v) is 5.22. The summed E-state index contributed by atoms with van der Waals surface area (Å²) in [6.45, 7) is 5.53. The van der Waals surface area contributed by atoms with Crippen LogP contribution in [0.2, 0.25) is 0 Å². The zero-order chi connectivity index (χ0) is 10.0. The van der Waals surface area contributed by atoms with Crippen molar-refractivity contribution in [1.82, 2.24) is 5.32 Å². The molecule has 0 aromatic heterocycles. The van der Waals surface area contributed by atoms with Gasteiger partial charge in [0.1, 0.15) is 0 Å². The van der Waals surface area contributed by atoms with E-state index in [0.29, 0.717) is 5.41 Å². The lowest BCUT2D eigenvalue weighted by Crippen LogP contribution is -2.36. The lowest BCUT2D eigenvalue weighted by Gasteiger charge is -2.30. The van der Waals surface area contributed by atoms with Crippen molar-refractivity contribution < 1.29 is 4.74 Å². The van der Waals surface area contributed by atoms with E-state index in [1.807, 2.05) is 0 Å². The molecule has 0 bridgehead atoms. The highest BCUT2D eigenvalue weighted by Gasteiger charge is 2.50. The molecule has 0 spiro atoms. The van der Waals surface area contributed by atoms with Crippen molar-refractivity contribution in [3.05, 3.63) is 0 Å². The largest absolute Gasteiger partial charge is 0.383 e. The van der Waals surface area contributed by atoms with E-state index in [-0.39, 0.29) is 0 Å². The van der Waals surface area contributed by atoms with Gasteiger partial charge in [0, 0.05) is 20.2 Å². The Hall–Kier alpha value is -0.0800. The van der Waals surface area contributed by atoms with E-state index < -0.39 is 0 Å². The molecular formula is C12H23NO. The Morgan fingerprint density at radius 1 is 1.21 bits per heavy atom. The number of nitrogens with one attached hydrogen (secondary N) is 1. The lowest BCUT2D eigenvalue weighted by molar-refractivity contribution is 0.177. The topological polar surface area (TPSA) is 21.3 Å². The van der Waals surface area contributed by atoms with Gasteiger partial charge < -0.3 is 10.1 Å². The van der Waals surface area contributed by atoms with Gasteiger partial charge in [-0.3, -0.25) is 0 Å². The first-order chi connectivity index (χ1) is 6.77. The van der Waals surface area contributed by atoms with Crippen molar-refractivity contribution in [3.8, 4) is 0 Å². The van der Waals surface area contributed by atoms with Crippen molar-refractivity contribution in [1.29, 1.82) is 0 Å². The van der Waals surface area contributed by atoms with Gasteiger partial charge in [0.15, 0.2) is 0 Å². The Morgan fingerprint density at radius 2 is 1.79 bits per heavy atom. The summed E-state index contributed by atoms with van der Waals surface area (Å²) in [5.41, 5.74) is 0.605. The second kappa shape index (κ2) is 4.19. The molecule has 0 aliphatic heterocycles. The molecule has 2 saturated carbocycles. The molecule has 1 N–H and O–H groups in total. The molecule has 0 saturated heterocycles. The van der Waals surface area contributed by atoms with Crippen LogP contribution < -0.4 is 5.32 Å². The summed E-state index contributed by atoms with van der Waals surface area (Å²) in [5.74, 6) is 2.04. The Labute approximate surface area is 87.4 Å². The standard InChI is InChI=1S/C12H23NO/c1-12(10-3-4-10,11-5-6-11)9-13-7-8-14-2/h10-11,13H,3-9H2,1-2H3. The third kappa shape index (κ3) is 2.29. The van der Waals surface area contributed by atoms with E-state index in [2.05, 4.69) is 12.2 Å². The minimum atomic E-state index is 0.605. The van der Waals surface area contributed by atoms with E-state index in [0.717, 1.165) is 25.0 Å². The summed E-state index contributed by atoms with van der Waals surface area (Å²) in [6, 6.07) is 0. The molecule has 0 unspecified atom stereocenters. The first-order valence-electron chi connectivity index (χ1n) is 5.97. The Bertz CT molecular complexity index is 173. The van der Waals surface area contributed by atoms with Gasteiger partial charge in [0.2, 0.25) is 0 Å².